The molecule has 0 bridgehead atoms. The molecule has 208 valence electrons. The number of halogens is 4. The van der Waals surface area contributed by atoms with E-state index in [1.807, 2.05) is 13.0 Å². The summed E-state index contributed by atoms with van der Waals surface area (Å²) >= 11 is 6.33. The SMILES string of the molecule is Cc1cc(C)c(NC(=O)c2cc(Cn3ncc(C(F)(F)F)n3)nn2-c2ncccc2Cl)c(C(=O)NCC2CC2)c1. The Morgan fingerprint density at radius 1 is 1.12 bits per heavy atom. The predicted octanol–water partition coefficient (Wildman–Crippen LogP) is 4.59. The lowest BCUT2D eigenvalue weighted by molar-refractivity contribution is -0.141. The van der Waals surface area contributed by atoms with Gasteiger partial charge < -0.3 is 10.6 Å². The highest BCUT2D eigenvalue weighted by Crippen LogP contribution is 2.29. The third kappa shape index (κ3) is 5.98. The molecule has 0 aliphatic heterocycles. The third-order valence-corrected chi connectivity index (χ3v) is 6.57. The molecule has 40 heavy (non-hydrogen) atoms. The molecular formula is C26H24ClF3N8O2. The maximum Gasteiger partial charge on any atom is 0.436 e. The molecule has 0 radical (unpaired) electrons. The van der Waals surface area contributed by atoms with Crippen molar-refractivity contribution in [3.05, 3.63) is 81.5 Å². The highest BCUT2D eigenvalue weighted by molar-refractivity contribution is 6.32. The van der Waals surface area contributed by atoms with Crippen molar-refractivity contribution in [3.63, 3.8) is 0 Å². The minimum atomic E-state index is -4.65. The summed E-state index contributed by atoms with van der Waals surface area (Å²) in [5.74, 6) is -0.331. The normalized spacial score (nSPS) is 13.3. The summed E-state index contributed by atoms with van der Waals surface area (Å²) in [4.78, 5) is 31.7. The van der Waals surface area contributed by atoms with Crippen LogP contribution in [0.3, 0.4) is 0 Å². The quantitative estimate of drug-likeness (QED) is 0.319. The van der Waals surface area contributed by atoms with Gasteiger partial charge in [-0.1, -0.05) is 17.7 Å². The second kappa shape index (κ2) is 10.7. The maximum absolute atomic E-state index is 13.6. The lowest BCUT2D eigenvalue weighted by Crippen LogP contribution is -2.28. The number of rotatable bonds is 8. The zero-order valence-corrected chi connectivity index (χ0v) is 22.2. The molecule has 1 fully saturated rings. The Hall–Kier alpha value is -4.26. The second-order valence-electron chi connectivity index (χ2n) is 9.61. The number of aryl methyl sites for hydroxylation is 2. The van der Waals surface area contributed by atoms with E-state index in [2.05, 4.69) is 30.9 Å². The molecule has 2 amide bonds. The number of carbonyl (C=O) groups is 2. The van der Waals surface area contributed by atoms with Crippen LogP contribution >= 0.6 is 11.6 Å². The van der Waals surface area contributed by atoms with Gasteiger partial charge in [-0.3, -0.25) is 9.59 Å². The molecule has 1 saturated carbocycles. The summed E-state index contributed by atoms with van der Waals surface area (Å²) < 4.78 is 40.1. The number of hydrogen-bond acceptors (Lipinski definition) is 6. The van der Waals surface area contributed by atoms with Crippen LogP contribution in [-0.4, -0.2) is 48.1 Å². The van der Waals surface area contributed by atoms with E-state index in [1.54, 1.807) is 25.1 Å². The number of amides is 2. The Balaban J connectivity index is 1.49. The van der Waals surface area contributed by atoms with Gasteiger partial charge in [0.05, 0.1) is 28.2 Å². The molecule has 0 spiro atoms. The Morgan fingerprint density at radius 3 is 2.58 bits per heavy atom. The van der Waals surface area contributed by atoms with Gasteiger partial charge in [-0.15, -0.1) is 5.10 Å². The van der Waals surface area contributed by atoms with E-state index in [0.29, 0.717) is 35.5 Å². The highest BCUT2D eigenvalue weighted by atomic mass is 35.5. The molecule has 2 N–H and O–H groups in total. The van der Waals surface area contributed by atoms with Crippen molar-refractivity contribution < 1.29 is 22.8 Å². The molecule has 0 atom stereocenters. The standard InChI is InChI=1S/C26H24ClF3N8O2/c1-14-8-15(2)22(18(9-14)24(39)32-11-16-5-6-16)34-25(40)20-10-17(13-37-33-12-21(36-37)26(28,29)30)35-38(20)23-19(27)4-3-7-31-23/h3-4,7-10,12,16H,5-6,11,13H2,1-2H3,(H,32,39)(H,34,40). The number of pyridine rings is 1. The fraction of sp³-hybridized carbons (Fsp3) is 0.308. The third-order valence-electron chi connectivity index (χ3n) is 6.27. The van der Waals surface area contributed by atoms with E-state index in [0.717, 1.165) is 23.2 Å². The molecule has 1 aliphatic carbocycles. The summed E-state index contributed by atoms with van der Waals surface area (Å²) in [6.07, 6.45) is -0.439. The number of nitrogens with zero attached hydrogens (tertiary/aromatic N) is 6. The first-order valence-electron chi connectivity index (χ1n) is 12.4. The Bertz CT molecular complexity index is 1590. The van der Waals surface area contributed by atoms with Crippen LogP contribution in [0.15, 0.2) is 42.7 Å². The van der Waals surface area contributed by atoms with E-state index in [1.165, 1.54) is 16.9 Å². The molecule has 0 saturated heterocycles. The molecular weight excluding hydrogens is 549 g/mol. The Morgan fingerprint density at radius 2 is 1.90 bits per heavy atom. The first-order chi connectivity index (χ1) is 19.0. The van der Waals surface area contributed by atoms with Crippen LogP contribution in [0.5, 0.6) is 0 Å². The minimum absolute atomic E-state index is 0.0110. The highest BCUT2D eigenvalue weighted by Gasteiger charge is 2.34. The molecule has 10 nitrogen and oxygen atoms in total. The number of hydrogen-bond donors (Lipinski definition) is 2. The molecule has 14 heteroatoms. The molecule has 3 aromatic heterocycles. The zero-order valence-electron chi connectivity index (χ0n) is 21.5. The van der Waals surface area contributed by atoms with E-state index in [-0.39, 0.29) is 34.7 Å². The van der Waals surface area contributed by atoms with Gasteiger partial charge in [0.2, 0.25) is 0 Å². The summed E-state index contributed by atoms with van der Waals surface area (Å²) in [6.45, 7) is 3.94. The summed E-state index contributed by atoms with van der Waals surface area (Å²) in [5.41, 5.74) is 1.18. The molecule has 5 rings (SSSR count). The lowest BCUT2D eigenvalue weighted by atomic mass is 10.0. The van der Waals surface area contributed by atoms with Gasteiger partial charge in [0.25, 0.3) is 11.8 Å². The van der Waals surface area contributed by atoms with Crippen molar-refractivity contribution in [1.82, 2.24) is 35.1 Å². The van der Waals surface area contributed by atoms with Crippen LogP contribution in [0.25, 0.3) is 5.82 Å². The molecule has 3 heterocycles. The predicted molar refractivity (Wildman–Crippen MR) is 139 cm³/mol. The molecule has 4 aromatic rings. The van der Waals surface area contributed by atoms with Crippen LogP contribution in [0.4, 0.5) is 18.9 Å². The van der Waals surface area contributed by atoms with Gasteiger partial charge >= 0.3 is 6.18 Å². The Labute approximate surface area is 231 Å². The average molecular weight is 573 g/mol. The fourth-order valence-corrected chi connectivity index (χ4v) is 4.36. The molecule has 0 unspecified atom stereocenters. The van der Waals surface area contributed by atoms with Gasteiger partial charge in [0.1, 0.15) is 12.2 Å². The van der Waals surface area contributed by atoms with Crippen molar-refractivity contribution in [3.8, 4) is 5.82 Å². The van der Waals surface area contributed by atoms with E-state index in [4.69, 9.17) is 11.6 Å². The maximum atomic E-state index is 13.6. The fourth-order valence-electron chi connectivity index (χ4n) is 4.16. The van der Waals surface area contributed by atoms with E-state index < -0.39 is 17.8 Å². The zero-order chi connectivity index (χ0) is 28.6. The van der Waals surface area contributed by atoms with Crippen molar-refractivity contribution in [2.45, 2.75) is 39.4 Å². The van der Waals surface area contributed by atoms with E-state index in [9.17, 15) is 22.8 Å². The monoisotopic (exact) mass is 572 g/mol. The molecule has 1 aromatic carbocycles. The molecule has 1 aliphatic rings. The van der Waals surface area contributed by atoms with Gasteiger partial charge in [-0.2, -0.15) is 28.2 Å². The largest absolute Gasteiger partial charge is 0.436 e. The first kappa shape index (κ1) is 27.3. The van der Waals surface area contributed by atoms with Gasteiger partial charge in [0, 0.05) is 12.7 Å². The van der Waals surface area contributed by atoms with Crippen molar-refractivity contribution in [2.24, 2.45) is 5.92 Å². The van der Waals surface area contributed by atoms with Crippen molar-refractivity contribution in [2.75, 3.05) is 11.9 Å². The number of aromatic nitrogens is 6. The van der Waals surface area contributed by atoms with Gasteiger partial charge in [0.15, 0.2) is 11.5 Å². The number of anilines is 1. The number of carbonyl (C=O) groups excluding carboxylic acids is 2. The van der Waals surface area contributed by atoms with Crippen molar-refractivity contribution >= 4 is 29.1 Å². The second-order valence-corrected chi connectivity index (χ2v) is 10.0. The number of alkyl halides is 3. The van der Waals surface area contributed by atoms with Gasteiger partial charge in [-0.25, -0.2) is 9.67 Å². The lowest BCUT2D eigenvalue weighted by Gasteiger charge is -2.16. The van der Waals surface area contributed by atoms with Crippen LogP contribution in [0.1, 0.15) is 56.2 Å². The van der Waals surface area contributed by atoms with Gasteiger partial charge in [-0.05, 0) is 68.0 Å². The van der Waals surface area contributed by atoms with E-state index >= 15 is 0 Å². The smallest absolute Gasteiger partial charge is 0.352 e. The minimum Gasteiger partial charge on any atom is -0.352 e. The topological polar surface area (TPSA) is 120 Å². The number of nitrogens with one attached hydrogen (secondary N) is 2. The summed E-state index contributed by atoms with van der Waals surface area (Å²) in [5, 5.41) is 17.4. The number of benzene rings is 1. The first-order valence-corrected chi connectivity index (χ1v) is 12.8. The van der Waals surface area contributed by atoms with Crippen LogP contribution in [-0.2, 0) is 12.7 Å². The Kier molecular flexibility index (Phi) is 7.32. The van der Waals surface area contributed by atoms with Crippen LogP contribution in [0, 0.1) is 19.8 Å². The van der Waals surface area contributed by atoms with Crippen molar-refractivity contribution in [1.29, 1.82) is 0 Å². The van der Waals surface area contributed by atoms with Crippen LogP contribution in [0.2, 0.25) is 5.02 Å². The summed E-state index contributed by atoms with van der Waals surface area (Å²) in [6, 6.07) is 8.08. The average Bonchev–Trinajstić information content (AvgIpc) is 3.43. The van der Waals surface area contributed by atoms with Crippen LogP contribution < -0.4 is 10.6 Å². The summed E-state index contributed by atoms with van der Waals surface area (Å²) in [7, 11) is 0.